The van der Waals surface area contributed by atoms with E-state index >= 15 is 0 Å². The minimum atomic E-state index is -0.197. The Morgan fingerprint density at radius 2 is 1.84 bits per heavy atom. The van der Waals surface area contributed by atoms with Crippen LogP contribution < -0.4 is 15.0 Å². The molecule has 1 aliphatic carbocycles. The van der Waals surface area contributed by atoms with Gasteiger partial charge in [0.05, 0.1) is 19.6 Å². The Balaban J connectivity index is 1.25. The van der Waals surface area contributed by atoms with Gasteiger partial charge >= 0.3 is 5.97 Å². The van der Waals surface area contributed by atoms with Crippen molar-refractivity contribution in [1.29, 1.82) is 0 Å². The van der Waals surface area contributed by atoms with Gasteiger partial charge in [-0.05, 0) is 73.6 Å². The molecule has 2 atom stereocenters. The Kier molecular flexibility index (Phi) is 8.85. The molecule has 0 spiro atoms. The molecule has 0 bridgehead atoms. The summed E-state index contributed by atoms with van der Waals surface area (Å²) in [5.74, 6) is 1.25. The van der Waals surface area contributed by atoms with Gasteiger partial charge in [0.2, 0.25) is 0 Å². The Hall–Kier alpha value is -3.05. The second-order valence-electron chi connectivity index (χ2n) is 11.0. The smallest absolute Gasteiger partial charge is 0.310 e. The molecule has 0 radical (unpaired) electrons. The fraction of sp³-hybridized carbons (Fsp3) is 0.485. The SMILES string of the molecule is CCOC(=O)Cc1cc(N2CC[C@H](N[C@H](C)c3cccc4ccccc34)C2)ccc1OCC1CCCCC1. The zero-order chi connectivity index (χ0) is 26.3. The highest BCUT2D eigenvalue weighted by Gasteiger charge is 2.26. The summed E-state index contributed by atoms with van der Waals surface area (Å²) < 4.78 is 11.6. The van der Waals surface area contributed by atoms with Gasteiger partial charge in [0, 0.05) is 36.4 Å². The normalized spacial score (nSPS) is 19.0. The van der Waals surface area contributed by atoms with Crippen LogP contribution in [0.25, 0.3) is 10.8 Å². The monoisotopic (exact) mass is 514 g/mol. The number of esters is 1. The molecule has 0 unspecified atom stereocenters. The van der Waals surface area contributed by atoms with Gasteiger partial charge in [-0.15, -0.1) is 0 Å². The number of hydrogen-bond donors (Lipinski definition) is 1. The Bertz CT molecular complexity index is 1210. The van der Waals surface area contributed by atoms with Gasteiger partial charge in [0.25, 0.3) is 0 Å². The quantitative estimate of drug-likeness (QED) is 0.300. The minimum Gasteiger partial charge on any atom is -0.493 e. The lowest BCUT2D eigenvalue weighted by molar-refractivity contribution is -0.142. The standard InChI is InChI=1S/C33H42N2O3/c1-3-37-33(36)21-27-20-29(16-17-32(27)38-23-25-10-5-4-6-11-25)35-19-18-28(22-35)34-24(2)30-15-9-13-26-12-7-8-14-31(26)30/h7-9,12-17,20,24-25,28,34H,3-6,10-11,18-19,21-23H2,1-2H3/t24-,28+/m1/s1. The molecule has 202 valence electrons. The van der Waals surface area contributed by atoms with Gasteiger partial charge in [-0.1, -0.05) is 61.7 Å². The van der Waals surface area contributed by atoms with Crippen LogP contribution >= 0.6 is 0 Å². The molecule has 5 nitrogen and oxygen atoms in total. The molecule has 2 fully saturated rings. The average molecular weight is 515 g/mol. The van der Waals surface area contributed by atoms with E-state index in [1.54, 1.807) is 0 Å². The number of carbonyl (C=O) groups is 1. The first kappa shape index (κ1) is 26.6. The van der Waals surface area contributed by atoms with Gasteiger partial charge in [-0.2, -0.15) is 0 Å². The van der Waals surface area contributed by atoms with Crippen molar-refractivity contribution in [3.05, 3.63) is 71.8 Å². The summed E-state index contributed by atoms with van der Waals surface area (Å²) in [4.78, 5) is 14.8. The van der Waals surface area contributed by atoms with Crippen molar-refractivity contribution in [1.82, 2.24) is 5.32 Å². The number of fused-ring (bicyclic) bond motifs is 1. The highest BCUT2D eigenvalue weighted by molar-refractivity contribution is 5.86. The van der Waals surface area contributed by atoms with Crippen molar-refractivity contribution < 1.29 is 14.3 Å². The molecule has 3 aromatic carbocycles. The summed E-state index contributed by atoms with van der Waals surface area (Å²) in [6.07, 6.45) is 7.75. The summed E-state index contributed by atoms with van der Waals surface area (Å²) >= 11 is 0. The van der Waals surface area contributed by atoms with Crippen molar-refractivity contribution >= 4 is 22.4 Å². The maximum absolute atomic E-state index is 12.4. The zero-order valence-corrected chi connectivity index (χ0v) is 23.0. The predicted molar refractivity (Wildman–Crippen MR) is 155 cm³/mol. The number of benzene rings is 3. The third-order valence-corrected chi connectivity index (χ3v) is 8.21. The lowest BCUT2D eigenvalue weighted by Gasteiger charge is -2.25. The maximum atomic E-state index is 12.4. The van der Waals surface area contributed by atoms with E-state index in [4.69, 9.17) is 9.47 Å². The summed E-state index contributed by atoms with van der Waals surface area (Å²) in [7, 11) is 0. The minimum absolute atomic E-state index is 0.197. The summed E-state index contributed by atoms with van der Waals surface area (Å²) in [6, 6.07) is 22.2. The van der Waals surface area contributed by atoms with Crippen LogP contribution in [0.3, 0.4) is 0 Å². The molecule has 0 aromatic heterocycles. The van der Waals surface area contributed by atoms with Crippen LogP contribution in [0.2, 0.25) is 0 Å². The van der Waals surface area contributed by atoms with Crippen molar-refractivity contribution in [2.24, 2.45) is 5.92 Å². The van der Waals surface area contributed by atoms with Crippen LogP contribution in [0.15, 0.2) is 60.7 Å². The summed E-state index contributed by atoms with van der Waals surface area (Å²) in [5, 5.41) is 6.48. The number of nitrogens with zero attached hydrogens (tertiary/aromatic N) is 1. The van der Waals surface area contributed by atoms with E-state index in [-0.39, 0.29) is 18.4 Å². The van der Waals surface area contributed by atoms with Crippen LogP contribution in [-0.2, 0) is 16.0 Å². The van der Waals surface area contributed by atoms with E-state index in [0.29, 0.717) is 18.6 Å². The predicted octanol–water partition coefficient (Wildman–Crippen LogP) is 6.83. The molecule has 1 saturated carbocycles. The molecule has 3 aromatic rings. The van der Waals surface area contributed by atoms with Gasteiger partial charge in [0.1, 0.15) is 5.75 Å². The van der Waals surface area contributed by atoms with E-state index in [1.807, 2.05) is 6.92 Å². The van der Waals surface area contributed by atoms with Crippen molar-refractivity contribution in [2.45, 2.75) is 70.9 Å². The zero-order valence-electron chi connectivity index (χ0n) is 23.0. The maximum Gasteiger partial charge on any atom is 0.310 e. The first-order valence-electron chi connectivity index (χ1n) is 14.5. The van der Waals surface area contributed by atoms with Crippen LogP contribution in [0.4, 0.5) is 5.69 Å². The molecular weight excluding hydrogens is 472 g/mol. The first-order valence-corrected chi connectivity index (χ1v) is 14.5. The summed E-state index contributed by atoms with van der Waals surface area (Å²) in [6.45, 7) is 7.17. The third kappa shape index (κ3) is 6.50. The van der Waals surface area contributed by atoms with Crippen LogP contribution in [0, 0.1) is 5.92 Å². The van der Waals surface area contributed by atoms with E-state index in [2.05, 4.69) is 77.8 Å². The Morgan fingerprint density at radius 3 is 2.68 bits per heavy atom. The second-order valence-corrected chi connectivity index (χ2v) is 11.0. The molecule has 1 aliphatic heterocycles. The molecule has 38 heavy (non-hydrogen) atoms. The Labute approximate surface area is 227 Å². The molecule has 0 amide bonds. The first-order chi connectivity index (χ1) is 18.6. The molecule has 5 rings (SSSR count). The molecule has 1 saturated heterocycles. The molecule has 1 N–H and O–H groups in total. The number of carbonyl (C=O) groups excluding carboxylic acids is 1. The lowest BCUT2D eigenvalue weighted by atomic mass is 9.90. The fourth-order valence-corrected chi connectivity index (χ4v) is 6.17. The van der Waals surface area contributed by atoms with Crippen molar-refractivity contribution in [3.63, 3.8) is 0 Å². The Morgan fingerprint density at radius 1 is 1.03 bits per heavy atom. The highest BCUT2D eigenvalue weighted by Crippen LogP contribution is 2.31. The van der Waals surface area contributed by atoms with Gasteiger partial charge in [0.15, 0.2) is 0 Å². The summed E-state index contributed by atoms with van der Waals surface area (Å²) in [5.41, 5.74) is 3.42. The van der Waals surface area contributed by atoms with E-state index < -0.39 is 0 Å². The largest absolute Gasteiger partial charge is 0.493 e. The third-order valence-electron chi connectivity index (χ3n) is 8.21. The van der Waals surface area contributed by atoms with Crippen LogP contribution in [0.1, 0.15) is 69.5 Å². The average Bonchev–Trinajstić information content (AvgIpc) is 3.41. The number of nitrogens with one attached hydrogen (secondary N) is 1. The number of rotatable bonds is 10. The van der Waals surface area contributed by atoms with Gasteiger partial charge in [-0.25, -0.2) is 0 Å². The van der Waals surface area contributed by atoms with Gasteiger partial charge in [-0.3, -0.25) is 4.79 Å². The number of hydrogen-bond acceptors (Lipinski definition) is 5. The number of anilines is 1. The molecule has 5 heteroatoms. The molecular formula is C33H42N2O3. The molecule has 2 aliphatic rings. The van der Waals surface area contributed by atoms with E-state index in [9.17, 15) is 4.79 Å². The highest BCUT2D eigenvalue weighted by atomic mass is 16.5. The topological polar surface area (TPSA) is 50.8 Å². The lowest BCUT2D eigenvalue weighted by Crippen LogP contribution is -2.34. The second kappa shape index (κ2) is 12.7. The van der Waals surface area contributed by atoms with E-state index in [0.717, 1.165) is 43.1 Å². The van der Waals surface area contributed by atoms with Crippen LogP contribution in [-0.4, -0.2) is 38.3 Å². The van der Waals surface area contributed by atoms with E-state index in [1.165, 1.54) is 48.4 Å². The van der Waals surface area contributed by atoms with Gasteiger partial charge < -0.3 is 19.7 Å². The van der Waals surface area contributed by atoms with Crippen molar-refractivity contribution in [2.75, 3.05) is 31.2 Å². The van der Waals surface area contributed by atoms with Crippen molar-refractivity contribution in [3.8, 4) is 5.75 Å². The number of ether oxygens (including phenoxy) is 2. The molecule has 1 heterocycles. The van der Waals surface area contributed by atoms with Crippen LogP contribution in [0.5, 0.6) is 5.75 Å². The fourth-order valence-electron chi connectivity index (χ4n) is 6.17.